The second-order valence-electron chi connectivity index (χ2n) is 4.96. The largest absolute Gasteiger partial charge is 0.496 e. The van der Waals surface area contributed by atoms with Crippen molar-refractivity contribution in [1.29, 1.82) is 0 Å². The number of hydrogen-bond acceptors (Lipinski definition) is 3. The molecule has 0 spiro atoms. The fourth-order valence-electron chi connectivity index (χ4n) is 2.65. The first-order valence-electron chi connectivity index (χ1n) is 6.84. The minimum atomic E-state index is 0.460. The summed E-state index contributed by atoms with van der Waals surface area (Å²) in [4.78, 5) is 2.43. The summed E-state index contributed by atoms with van der Waals surface area (Å²) in [6.45, 7) is 5.44. The number of benzene rings is 1. The normalized spacial score (nSPS) is 21.6. The van der Waals surface area contributed by atoms with Crippen molar-refractivity contribution in [3.8, 4) is 5.75 Å². The van der Waals surface area contributed by atoms with Gasteiger partial charge < -0.3 is 10.1 Å². The summed E-state index contributed by atoms with van der Waals surface area (Å²) in [5.41, 5.74) is 2.72. The van der Waals surface area contributed by atoms with Crippen molar-refractivity contribution < 1.29 is 4.74 Å². The summed E-state index contributed by atoms with van der Waals surface area (Å²) >= 11 is 0. The molecule has 0 amide bonds. The van der Waals surface area contributed by atoms with Gasteiger partial charge in [0.05, 0.1) is 7.11 Å². The molecule has 3 nitrogen and oxygen atoms in total. The van der Waals surface area contributed by atoms with Crippen LogP contribution < -0.4 is 10.1 Å². The monoisotopic (exact) mass is 248 g/mol. The van der Waals surface area contributed by atoms with Crippen molar-refractivity contribution in [2.45, 2.75) is 25.8 Å². The molecule has 2 rings (SSSR count). The SMILES string of the molecule is CCc1ccc(OC)c(C2CCNCCN2C)c1. The van der Waals surface area contributed by atoms with Crippen LogP contribution in [0, 0.1) is 0 Å². The molecule has 0 radical (unpaired) electrons. The molecule has 0 aliphatic carbocycles. The smallest absolute Gasteiger partial charge is 0.123 e. The Kier molecular flexibility index (Phi) is 4.61. The molecule has 3 heteroatoms. The molecule has 1 aliphatic heterocycles. The van der Waals surface area contributed by atoms with E-state index in [0.29, 0.717) is 6.04 Å². The van der Waals surface area contributed by atoms with Crippen molar-refractivity contribution in [3.63, 3.8) is 0 Å². The fourth-order valence-corrected chi connectivity index (χ4v) is 2.65. The molecule has 0 bridgehead atoms. The minimum absolute atomic E-state index is 0.460. The summed E-state index contributed by atoms with van der Waals surface area (Å²) in [7, 11) is 3.97. The summed E-state index contributed by atoms with van der Waals surface area (Å²) in [6, 6.07) is 7.05. The molecule has 1 fully saturated rings. The number of aryl methyl sites for hydroxylation is 1. The van der Waals surface area contributed by atoms with Gasteiger partial charge in [-0.1, -0.05) is 19.1 Å². The number of nitrogens with one attached hydrogen (secondary N) is 1. The second kappa shape index (κ2) is 6.21. The summed E-state index contributed by atoms with van der Waals surface area (Å²) in [6.07, 6.45) is 2.21. The van der Waals surface area contributed by atoms with Crippen LogP contribution in [0.3, 0.4) is 0 Å². The summed E-state index contributed by atoms with van der Waals surface area (Å²) in [5.74, 6) is 1.02. The van der Waals surface area contributed by atoms with Crippen molar-refractivity contribution in [2.24, 2.45) is 0 Å². The number of nitrogens with zero attached hydrogens (tertiary/aromatic N) is 1. The summed E-state index contributed by atoms with van der Waals surface area (Å²) < 4.78 is 5.54. The van der Waals surface area contributed by atoms with Gasteiger partial charge in [0.1, 0.15) is 5.75 Å². The number of methoxy groups -OCH3 is 1. The average Bonchev–Trinajstić information content (AvgIpc) is 2.62. The standard InChI is InChI=1S/C15H24N2O/c1-4-12-5-6-15(18-3)13(11-12)14-7-8-16-9-10-17(14)2/h5-6,11,14,16H,4,7-10H2,1-3H3. The molecule has 100 valence electrons. The first-order valence-corrected chi connectivity index (χ1v) is 6.84. The Morgan fingerprint density at radius 1 is 1.39 bits per heavy atom. The van der Waals surface area contributed by atoms with Gasteiger partial charge in [-0.2, -0.15) is 0 Å². The average molecular weight is 248 g/mol. The third-order valence-corrected chi connectivity index (χ3v) is 3.83. The van der Waals surface area contributed by atoms with E-state index >= 15 is 0 Å². The Balaban J connectivity index is 2.33. The van der Waals surface area contributed by atoms with Crippen molar-refractivity contribution >= 4 is 0 Å². The molecule has 1 atom stereocenters. The zero-order valence-electron chi connectivity index (χ0n) is 11.7. The Morgan fingerprint density at radius 3 is 2.94 bits per heavy atom. The number of likely N-dealkylation sites (N-methyl/N-ethyl adjacent to an activating group) is 1. The van der Waals surface area contributed by atoms with E-state index in [4.69, 9.17) is 4.74 Å². The molecule has 1 aromatic carbocycles. The van der Waals surface area contributed by atoms with Gasteiger partial charge in [-0.25, -0.2) is 0 Å². The van der Waals surface area contributed by atoms with Crippen molar-refractivity contribution in [2.75, 3.05) is 33.8 Å². The van der Waals surface area contributed by atoms with E-state index in [1.54, 1.807) is 7.11 Å². The predicted octanol–water partition coefficient (Wildman–Crippen LogP) is 2.22. The van der Waals surface area contributed by atoms with Crippen LogP contribution in [0.1, 0.15) is 30.5 Å². The van der Waals surface area contributed by atoms with E-state index in [1.807, 2.05) is 0 Å². The molecule has 0 saturated carbocycles. The second-order valence-corrected chi connectivity index (χ2v) is 4.96. The van der Waals surface area contributed by atoms with E-state index < -0.39 is 0 Å². The van der Waals surface area contributed by atoms with Gasteiger partial charge >= 0.3 is 0 Å². The van der Waals surface area contributed by atoms with Gasteiger partial charge in [-0.3, -0.25) is 4.90 Å². The minimum Gasteiger partial charge on any atom is -0.496 e. The highest BCUT2D eigenvalue weighted by Crippen LogP contribution is 2.32. The molecule has 1 aliphatic rings. The predicted molar refractivity (Wildman–Crippen MR) is 75.2 cm³/mol. The molecule has 1 saturated heterocycles. The number of ether oxygens (including phenoxy) is 1. The topological polar surface area (TPSA) is 24.5 Å². The van der Waals surface area contributed by atoms with Crippen LogP contribution >= 0.6 is 0 Å². The van der Waals surface area contributed by atoms with E-state index in [1.165, 1.54) is 11.1 Å². The third-order valence-electron chi connectivity index (χ3n) is 3.83. The molecular formula is C15H24N2O. The Labute approximate surface area is 110 Å². The number of hydrogen-bond donors (Lipinski definition) is 1. The highest BCUT2D eigenvalue weighted by atomic mass is 16.5. The summed E-state index contributed by atoms with van der Waals surface area (Å²) in [5, 5.41) is 3.46. The van der Waals surface area contributed by atoms with E-state index in [2.05, 4.69) is 42.4 Å². The Hall–Kier alpha value is -1.06. The van der Waals surface area contributed by atoms with Crippen LogP contribution in [0.25, 0.3) is 0 Å². The maximum absolute atomic E-state index is 5.54. The van der Waals surface area contributed by atoms with Gasteiger partial charge in [0.15, 0.2) is 0 Å². The fraction of sp³-hybridized carbons (Fsp3) is 0.600. The zero-order chi connectivity index (χ0) is 13.0. The molecule has 1 heterocycles. The quantitative estimate of drug-likeness (QED) is 0.887. The van der Waals surface area contributed by atoms with Crippen LogP contribution in [-0.2, 0) is 6.42 Å². The van der Waals surface area contributed by atoms with Crippen LogP contribution in [0.2, 0.25) is 0 Å². The molecule has 1 unspecified atom stereocenters. The van der Waals surface area contributed by atoms with Crippen LogP contribution in [0.15, 0.2) is 18.2 Å². The highest BCUT2D eigenvalue weighted by Gasteiger charge is 2.22. The van der Waals surface area contributed by atoms with E-state index in [-0.39, 0.29) is 0 Å². The lowest BCUT2D eigenvalue weighted by molar-refractivity contribution is 0.251. The van der Waals surface area contributed by atoms with Gasteiger partial charge in [0.25, 0.3) is 0 Å². The first kappa shape index (κ1) is 13.4. The Bertz CT molecular complexity index is 392. The van der Waals surface area contributed by atoms with Gasteiger partial charge in [0, 0.05) is 24.7 Å². The molecule has 0 aromatic heterocycles. The van der Waals surface area contributed by atoms with Crippen LogP contribution in [0.5, 0.6) is 5.75 Å². The molecule has 18 heavy (non-hydrogen) atoms. The molecule has 1 aromatic rings. The Morgan fingerprint density at radius 2 is 2.22 bits per heavy atom. The molecule has 1 N–H and O–H groups in total. The van der Waals surface area contributed by atoms with Crippen molar-refractivity contribution in [1.82, 2.24) is 10.2 Å². The van der Waals surface area contributed by atoms with E-state index in [9.17, 15) is 0 Å². The number of rotatable bonds is 3. The van der Waals surface area contributed by atoms with E-state index in [0.717, 1.165) is 38.2 Å². The lowest BCUT2D eigenvalue weighted by atomic mass is 9.98. The third kappa shape index (κ3) is 2.85. The van der Waals surface area contributed by atoms with Crippen LogP contribution in [-0.4, -0.2) is 38.7 Å². The van der Waals surface area contributed by atoms with Crippen molar-refractivity contribution in [3.05, 3.63) is 29.3 Å². The lowest BCUT2D eigenvalue weighted by Crippen LogP contribution is -2.27. The maximum atomic E-state index is 5.54. The van der Waals surface area contributed by atoms with Gasteiger partial charge in [-0.15, -0.1) is 0 Å². The zero-order valence-corrected chi connectivity index (χ0v) is 11.7. The lowest BCUT2D eigenvalue weighted by Gasteiger charge is -2.27. The maximum Gasteiger partial charge on any atom is 0.123 e. The van der Waals surface area contributed by atoms with Gasteiger partial charge in [-0.05, 0) is 38.1 Å². The highest BCUT2D eigenvalue weighted by molar-refractivity contribution is 5.39. The van der Waals surface area contributed by atoms with Gasteiger partial charge in [0.2, 0.25) is 0 Å². The van der Waals surface area contributed by atoms with Crippen LogP contribution in [0.4, 0.5) is 0 Å². The molecular weight excluding hydrogens is 224 g/mol. The first-order chi connectivity index (χ1) is 8.76.